The highest BCUT2D eigenvalue weighted by Gasteiger charge is 2.18. The number of hydrogen-bond acceptors (Lipinski definition) is 5. The Labute approximate surface area is 171 Å². The van der Waals surface area contributed by atoms with Gasteiger partial charge in [-0.1, -0.05) is 30.3 Å². The number of ether oxygens (including phenoxy) is 3. The molecule has 0 bridgehead atoms. The van der Waals surface area contributed by atoms with Crippen molar-refractivity contribution in [3.63, 3.8) is 0 Å². The quantitative estimate of drug-likeness (QED) is 0.477. The fraction of sp³-hybridized carbons (Fsp3) is 0.304. The summed E-state index contributed by atoms with van der Waals surface area (Å²) < 4.78 is 15.6. The second-order valence-electron chi connectivity index (χ2n) is 6.65. The number of benzene rings is 2. The molecule has 0 aliphatic rings. The predicted molar refractivity (Wildman–Crippen MR) is 112 cm³/mol. The number of esters is 1. The summed E-state index contributed by atoms with van der Waals surface area (Å²) in [6.45, 7) is 4.00. The van der Waals surface area contributed by atoms with Crippen LogP contribution in [0.1, 0.15) is 25.0 Å². The Bertz CT molecular complexity index is 846. The smallest absolute Gasteiger partial charge is 0.331 e. The average Bonchev–Trinajstić information content (AvgIpc) is 2.74. The number of methoxy groups -OCH3 is 2. The maximum absolute atomic E-state index is 12.5. The molecule has 0 aromatic heterocycles. The normalized spacial score (nSPS) is 10.8. The van der Waals surface area contributed by atoms with Gasteiger partial charge in [-0.2, -0.15) is 0 Å². The van der Waals surface area contributed by atoms with Crippen molar-refractivity contribution in [1.82, 2.24) is 4.90 Å². The number of hydrogen-bond donors (Lipinski definition) is 0. The van der Waals surface area contributed by atoms with E-state index < -0.39 is 5.97 Å². The van der Waals surface area contributed by atoms with Crippen molar-refractivity contribution < 1.29 is 23.8 Å². The van der Waals surface area contributed by atoms with Gasteiger partial charge in [0.05, 0.1) is 14.2 Å². The molecule has 0 aliphatic carbocycles. The summed E-state index contributed by atoms with van der Waals surface area (Å²) in [5.41, 5.74) is 1.69. The van der Waals surface area contributed by atoms with Gasteiger partial charge in [-0.05, 0) is 43.7 Å². The van der Waals surface area contributed by atoms with Crippen molar-refractivity contribution in [2.24, 2.45) is 0 Å². The molecule has 154 valence electrons. The molecule has 0 radical (unpaired) electrons. The van der Waals surface area contributed by atoms with Crippen LogP contribution in [0.5, 0.6) is 11.5 Å². The molecule has 29 heavy (non-hydrogen) atoms. The van der Waals surface area contributed by atoms with Crippen LogP contribution in [0.4, 0.5) is 0 Å². The van der Waals surface area contributed by atoms with Gasteiger partial charge >= 0.3 is 5.97 Å². The standard InChI is InChI=1S/C23H27NO5/c1-17(2)24(15-18-8-6-5-7-9-18)22(25)16-29-23(26)13-10-19-14-20(27-3)11-12-21(19)28-4/h5-14,17H,15-16H2,1-4H3/b13-10+. The Balaban J connectivity index is 1.96. The molecule has 1 amide bonds. The molecule has 0 heterocycles. The van der Waals surface area contributed by atoms with E-state index in [9.17, 15) is 9.59 Å². The highest BCUT2D eigenvalue weighted by Crippen LogP contribution is 2.25. The van der Waals surface area contributed by atoms with Crippen LogP contribution in [0.2, 0.25) is 0 Å². The number of carbonyl (C=O) groups is 2. The number of nitrogens with zero attached hydrogens (tertiary/aromatic N) is 1. The fourth-order valence-electron chi connectivity index (χ4n) is 2.73. The first-order valence-corrected chi connectivity index (χ1v) is 9.35. The van der Waals surface area contributed by atoms with Crippen molar-refractivity contribution in [2.45, 2.75) is 26.4 Å². The monoisotopic (exact) mass is 397 g/mol. The Morgan fingerprint density at radius 3 is 2.38 bits per heavy atom. The van der Waals surface area contributed by atoms with Gasteiger partial charge in [0.2, 0.25) is 0 Å². The molecule has 0 unspecified atom stereocenters. The van der Waals surface area contributed by atoms with Gasteiger partial charge < -0.3 is 19.1 Å². The maximum atomic E-state index is 12.5. The van der Waals surface area contributed by atoms with E-state index in [1.54, 1.807) is 43.4 Å². The third kappa shape index (κ3) is 6.68. The first-order chi connectivity index (χ1) is 13.9. The minimum atomic E-state index is -0.605. The van der Waals surface area contributed by atoms with Gasteiger partial charge in [0, 0.05) is 24.2 Å². The van der Waals surface area contributed by atoms with E-state index in [1.165, 1.54) is 6.08 Å². The van der Waals surface area contributed by atoms with Crippen molar-refractivity contribution in [1.29, 1.82) is 0 Å². The third-order valence-electron chi connectivity index (χ3n) is 4.31. The summed E-state index contributed by atoms with van der Waals surface area (Å²) in [6, 6.07) is 14.9. The maximum Gasteiger partial charge on any atom is 0.331 e. The van der Waals surface area contributed by atoms with Crippen LogP contribution in [-0.2, 0) is 20.9 Å². The van der Waals surface area contributed by atoms with Gasteiger partial charge in [-0.15, -0.1) is 0 Å². The summed E-state index contributed by atoms with van der Waals surface area (Å²) in [4.78, 5) is 26.3. The molecule has 0 saturated heterocycles. The first kappa shape index (κ1) is 22.0. The first-order valence-electron chi connectivity index (χ1n) is 9.35. The van der Waals surface area contributed by atoms with Crippen LogP contribution in [0, 0.1) is 0 Å². The zero-order valence-corrected chi connectivity index (χ0v) is 17.3. The van der Waals surface area contributed by atoms with Crippen LogP contribution < -0.4 is 9.47 Å². The number of rotatable bonds is 9. The van der Waals surface area contributed by atoms with E-state index >= 15 is 0 Å². The lowest BCUT2D eigenvalue weighted by atomic mass is 10.1. The van der Waals surface area contributed by atoms with Gasteiger partial charge in [0.1, 0.15) is 11.5 Å². The molecule has 0 N–H and O–H groups in total. The number of carbonyl (C=O) groups excluding carboxylic acids is 2. The van der Waals surface area contributed by atoms with Gasteiger partial charge in [0.15, 0.2) is 6.61 Å². The molecule has 6 heteroatoms. The van der Waals surface area contributed by atoms with Crippen molar-refractivity contribution >= 4 is 18.0 Å². The Hall–Kier alpha value is -3.28. The van der Waals surface area contributed by atoms with E-state index in [0.29, 0.717) is 23.6 Å². The SMILES string of the molecule is COc1ccc(OC)c(/C=C/C(=O)OCC(=O)N(Cc2ccccc2)C(C)C)c1. The largest absolute Gasteiger partial charge is 0.497 e. The summed E-state index contributed by atoms with van der Waals surface area (Å²) in [7, 11) is 3.11. The van der Waals surface area contributed by atoms with E-state index in [4.69, 9.17) is 14.2 Å². The summed E-state index contributed by atoms with van der Waals surface area (Å²) >= 11 is 0. The summed E-state index contributed by atoms with van der Waals surface area (Å²) in [6.07, 6.45) is 2.83. The second-order valence-corrected chi connectivity index (χ2v) is 6.65. The molecule has 2 rings (SSSR count). The molecule has 0 saturated carbocycles. The average molecular weight is 397 g/mol. The van der Waals surface area contributed by atoms with Crippen molar-refractivity contribution in [3.8, 4) is 11.5 Å². The molecule has 0 fully saturated rings. The highest BCUT2D eigenvalue weighted by atomic mass is 16.5. The second kappa shape index (κ2) is 10.9. The van der Waals surface area contributed by atoms with E-state index in [2.05, 4.69) is 0 Å². The summed E-state index contributed by atoms with van der Waals surface area (Å²) in [5.74, 6) is 0.387. The van der Waals surface area contributed by atoms with Crippen LogP contribution in [0.3, 0.4) is 0 Å². The summed E-state index contributed by atoms with van der Waals surface area (Å²) in [5, 5.41) is 0. The topological polar surface area (TPSA) is 65.1 Å². The Morgan fingerprint density at radius 1 is 1.03 bits per heavy atom. The molecule has 0 atom stereocenters. The molecule has 6 nitrogen and oxygen atoms in total. The molecular formula is C23H27NO5. The zero-order valence-electron chi connectivity index (χ0n) is 17.3. The lowest BCUT2D eigenvalue weighted by Gasteiger charge is -2.26. The molecule has 0 spiro atoms. The van der Waals surface area contributed by atoms with Crippen LogP contribution >= 0.6 is 0 Å². The van der Waals surface area contributed by atoms with E-state index in [-0.39, 0.29) is 18.6 Å². The van der Waals surface area contributed by atoms with Crippen LogP contribution in [0.15, 0.2) is 54.6 Å². The van der Waals surface area contributed by atoms with Crippen LogP contribution in [-0.4, -0.2) is 43.6 Å². The number of amides is 1. The predicted octanol–water partition coefficient (Wildman–Crippen LogP) is 3.70. The lowest BCUT2D eigenvalue weighted by Crippen LogP contribution is -2.39. The van der Waals surface area contributed by atoms with E-state index in [0.717, 1.165) is 5.56 Å². The van der Waals surface area contributed by atoms with Crippen LogP contribution in [0.25, 0.3) is 6.08 Å². The highest BCUT2D eigenvalue weighted by molar-refractivity contribution is 5.89. The lowest BCUT2D eigenvalue weighted by molar-refractivity contribution is -0.149. The third-order valence-corrected chi connectivity index (χ3v) is 4.31. The Morgan fingerprint density at radius 2 is 1.76 bits per heavy atom. The van der Waals surface area contributed by atoms with Gasteiger partial charge in [0.25, 0.3) is 5.91 Å². The minimum Gasteiger partial charge on any atom is -0.497 e. The molecule has 0 aliphatic heterocycles. The zero-order chi connectivity index (χ0) is 21.2. The van der Waals surface area contributed by atoms with Crippen molar-refractivity contribution in [3.05, 3.63) is 65.7 Å². The van der Waals surface area contributed by atoms with Gasteiger partial charge in [-0.25, -0.2) is 4.79 Å². The molecule has 2 aromatic rings. The minimum absolute atomic E-state index is 0.0157. The van der Waals surface area contributed by atoms with Gasteiger partial charge in [-0.3, -0.25) is 4.79 Å². The molecular weight excluding hydrogens is 370 g/mol. The van der Waals surface area contributed by atoms with Crippen molar-refractivity contribution in [2.75, 3.05) is 20.8 Å². The molecule has 2 aromatic carbocycles. The van der Waals surface area contributed by atoms with E-state index in [1.807, 2.05) is 44.2 Å². The fourth-order valence-corrected chi connectivity index (χ4v) is 2.73. The Kier molecular flexibility index (Phi) is 8.27.